The minimum atomic E-state index is 0. The number of guanidine groups is 1. The number of aryl methyl sites for hydroxylation is 1. The number of carbonyl (C=O) groups excluding carboxylic acids is 1. The molecular weight excluding hydrogens is 443 g/mol. The van der Waals surface area contributed by atoms with Gasteiger partial charge in [0.15, 0.2) is 5.96 Å². The first-order chi connectivity index (χ1) is 12.3. The second kappa shape index (κ2) is 13.2. The second-order valence-corrected chi connectivity index (χ2v) is 5.56. The van der Waals surface area contributed by atoms with Crippen molar-refractivity contribution in [3.8, 4) is 0 Å². The second-order valence-electron chi connectivity index (χ2n) is 5.56. The minimum absolute atomic E-state index is 0. The first-order valence-corrected chi connectivity index (χ1v) is 8.50. The first kappa shape index (κ1) is 21.9. The number of halogens is 1. The lowest BCUT2D eigenvalue weighted by molar-refractivity contribution is -0.121. The van der Waals surface area contributed by atoms with Gasteiger partial charge in [0.1, 0.15) is 0 Å². The van der Waals surface area contributed by atoms with Gasteiger partial charge < -0.3 is 16.0 Å². The summed E-state index contributed by atoms with van der Waals surface area (Å²) in [5.41, 5.74) is 1.10. The van der Waals surface area contributed by atoms with Crippen LogP contribution in [0.3, 0.4) is 0 Å². The standard InChI is InChI=1S/C18H26N6O.HI/c1-19-18(20-10-5-13-24-14-6-11-23-24)21-12-9-17(25)22-15-16-7-3-2-4-8-16;/h2-4,6-8,11,14H,5,9-10,12-13,15H2,1H3,(H,22,25)(H2,19,20,21);1H. The summed E-state index contributed by atoms with van der Waals surface area (Å²) < 4.78 is 1.90. The van der Waals surface area contributed by atoms with Gasteiger partial charge in [-0.25, -0.2) is 0 Å². The molecule has 2 aromatic rings. The predicted octanol–water partition coefficient (Wildman–Crippen LogP) is 1.76. The Kier molecular flexibility index (Phi) is 11.1. The highest BCUT2D eigenvalue weighted by atomic mass is 127. The lowest BCUT2D eigenvalue weighted by Crippen LogP contribution is -2.39. The lowest BCUT2D eigenvalue weighted by Gasteiger charge is -2.12. The number of benzene rings is 1. The van der Waals surface area contributed by atoms with Gasteiger partial charge in [0.05, 0.1) is 0 Å². The molecule has 8 heteroatoms. The van der Waals surface area contributed by atoms with Crippen LogP contribution in [-0.2, 0) is 17.9 Å². The van der Waals surface area contributed by atoms with Crippen molar-refractivity contribution in [2.24, 2.45) is 4.99 Å². The van der Waals surface area contributed by atoms with Gasteiger partial charge in [0, 0.05) is 52.0 Å². The summed E-state index contributed by atoms with van der Waals surface area (Å²) >= 11 is 0. The molecule has 2 rings (SSSR count). The van der Waals surface area contributed by atoms with Crippen molar-refractivity contribution in [1.82, 2.24) is 25.7 Å². The molecule has 0 atom stereocenters. The van der Waals surface area contributed by atoms with Gasteiger partial charge >= 0.3 is 0 Å². The Morgan fingerprint density at radius 1 is 1.12 bits per heavy atom. The Bertz CT molecular complexity index is 645. The van der Waals surface area contributed by atoms with Crippen LogP contribution >= 0.6 is 24.0 Å². The van der Waals surface area contributed by atoms with Crippen molar-refractivity contribution in [3.05, 3.63) is 54.4 Å². The predicted molar refractivity (Wildman–Crippen MR) is 115 cm³/mol. The lowest BCUT2D eigenvalue weighted by atomic mass is 10.2. The maximum absolute atomic E-state index is 11.9. The van der Waals surface area contributed by atoms with Crippen molar-refractivity contribution in [2.75, 3.05) is 20.1 Å². The van der Waals surface area contributed by atoms with Crippen LogP contribution in [0.1, 0.15) is 18.4 Å². The van der Waals surface area contributed by atoms with Gasteiger partial charge in [-0.1, -0.05) is 30.3 Å². The van der Waals surface area contributed by atoms with E-state index in [1.807, 2.05) is 47.3 Å². The van der Waals surface area contributed by atoms with Gasteiger partial charge in [-0.2, -0.15) is 5.10 Å². The zero-order valence-corrected chi connectivity index (χ0v) is 17.3. The van der Waals surface area contributed by atoms with Gasteiger partial charge in [-0.15, -0.1) is 24.0 Å². The SMILES string of the molecule is CN=C(NCCCn1cccn1)NCCC(=O)NCc1ccccc1.I. The zero-order valence-electron chi connectivity index (χ0n) is 15.0. The summed E-state index contributed by atoms with van der Waals surface area (Å²) in [4.78, 5) is 16.0. The number of carbonyl (C=O) groups is 1. The molecule has 0 saturated heterocycles. The summed E-state index contributed by atoms with van der Waals surface area (Å²) in [6.07, 6.45) is 5.07. The highest BCUT2D eigenvalue weighted by Crippen LogP contribution is 1.97. The van der Waals surface area contributed by atoms with Crippen LogP contribution in [0.15, 0.2) is 53.8 Å². The van der Waals surface area contributed by atoms with E-state index in [9.17, 15) is 4.79 Å². The van der Waals surface area contributed by atoms with Crippen LogP contribution in [0.2, 0.25) is 0 Å². The maximum Gasteiger partial charge on any atom is 0.222 e. The molecule has 0 bridgehead atoms. The van der Waals surface area contributed by atoms with Crippen LogP contribution in [0.5, 0.6) is 0 Å². The fourth-order valence-electron chi connectivity index (χ4n) is 2.28. The number of aliphatic imine (C=N–C) groups is 1. The molecule has 1 aromatic carbocycles. The zero-order chi connectivity index (χ0) is 17.7. The molecule has 142 valence electrons. The Labute approximate surface area is 171 Å². The summed E-state index contributed by atoms with van der Waals surface area (Å²) in [6.45, 7) is 2.75. The summed E-state index contributed by atoms with van der Waals surface area (Å²) in [7, 11) is 1.72. The minimum Gasteiger partial charge on any atom is -0.356 e. The largest absolute Gasteiger partial charge is 0.356 e. The third-order valence-electron chi connectivity index (χ3n) is 3.62. The third-order valence-corrected chi connectivity index (χ3v) is 3.62. The Hall–Kier alpha value is -2.10. The molecule has 1 aromatic heterocycles. The van der Waals surface area contributed by atoms with Crippen molar-refractivity contribution in [2.45, 2.75) is 25.9 Å². The Morgan fingerprint density at radius 2 is 1.88 bits per heavy atom. The highest BCUT2D eigenvalue weighted by molar-refractivity contribution is 14.0. The van der Waals surface area contributed by atoms with Crippen molar-refractivity contribution in [1.29, 1.82) is 0 Å². The molecule has 0 aliphatic rings. The van der Waals surface area contributed by atoms with Gasteiger partial charge in [-0.05, 0) is 18.1 Å². The number of hydrogen-bond acceptors (Lipinski definition) is 3. The number of aromatic nitrogens is 2. The van der Waals surface area contributed by atoms with Crippen molar-refractivity contribution >= 4 is 35.8 Å². The van der Waals surface area contributed by atoms with E-state index in [0.29, 0.717) is 25.5 Å². The van der Waals surface area contributed by atoms with E-state index in [2.05, 4.69) is 26.0 Å². The number of amides is 1. The Morgan fingerprint density at radius 3 is 2.58 bits per heavy atom. The molecule has 26 heavy (non-hydrogen) atoms. The number of hydrogen-bond donors (Lipinski definition) is 3. The summed E-state index contributed by atoms with van der Waals surface area (Å²) in [5.74, 6) is 0.724. The molecular formula is C18H27IN6O. The van der Waals surface area contributed by atoms with Gasteiger partial charge in [0.25, 0.3) is 0 Å². The maximum atomic E-state index is 11.9. The fourth-order valence-corrected chi connectivity index (χ4v) is 2.28. The van der Waals surface area contributed by atoms with Crippen LogP contribution in [0.25, 0.3) is 0 Å². The highest BCUT2D eigenvalue weighted by Gasteiger charge is 2.02. The van der Waals surface area contributed by atoms with E-state index in [4.69, 9.17) is 0 Å². The third kappa shape index (κ3) is 8.84. The monoisotopic (exact) mass is 470 g/mol. The van der Waals surface area contributed by atoms with Crippen molar-refractivity contribution < 1.29 is 4.79 Å². The number of rotatable bonds is 9. The van der Waals surface area contributed by atoms with E-state index < -0.39 is 0 Å². The number of nitrogens with one attached hydrogen (secondary N) is 3. The van der Waals surface area contributed by atoms with Gasteiger partial charge in [-0.3, -0.25) is 14.5 Å². The molecule has 0 fully saturated rings. The van der Waals surface area contributed by atoms with E-state index in [1.54, 1.807) is 13.2 Å². The van der Waals surface area contributed by atoms with Crippen LogP contribution in [0.4, 0.5) is 0 Å². The average Bonchev–Trinajstić information content (AvgIpc) is 3.16. The molecule has 0 spiro atoms. The molecule has 3 N–H and O–H groups in total. The smallest absolute Gasteiger partial charge is 0.222 e. The van der Waals surface area contributed by atoms with Crippen LogP contribution < -0.4 is 16.0 Å². The molecule has 0 saturated carbocycles. The quantitative estimate of drug-likeness (QED) is 0.226. The van der Waals surface area contributed by atoms with E-state index in [-0.39, 0.29) is 29.9 Å². The Balaban J connectivity index is 0.00000338. The van der Waals surface area contributed by atoms with Crippen molar-refractivity contribution in [3.63, 3.8) is 0 Å². The normalized spacial score (nSPS) is 10.7. The number of nitrogens with zero attached hydrogens (tertiary/aromatic N) is 3. The van der Waals surface area contributed by atoms with Gasteiger partial charge in [0.2, 0.25) is 5.91 Å². The molecule has 0 unspecified atom stereocenters. The molecule has 0 radical (unpaired) electrons. The van der Waals surface area contributed by atoms with E-state index in [1.165, 1.54) is 0 Å². The molecule has 1 amide bonds. The van der Waals surface area contributed by atoms with Crippen LogP contribution in [-0.4, -0.2) is 41.8 Å². The molecule has 0 aliphatic heterocycles. The molecule has 0 aliphatic carbocycles. The van der Waals surface area contributed by atoms with Crippen LogP contribution in [0, 0.1) is 0 Å². The van der Waals surface area contributed by atoms with E-state index in [0.717, 1.165) is 25.1 Å². The molecule has 1 heterocycles. The molecule has 7 nitrogen and oxygen atoms in total. The summed E-state index contributed by atoms with van der Waals surface area (Å²) in [5, 5.41) is 13.4. The fraction of sp³-hybridized carbons (Fsp3) is 0.389. The van der Waals surface area contributed by atoms with E-state index >= 15 is 0 Å². The topological polar surface area (TPSA) is 83.3 Å². The summed E-state index contributed by atoms with van der Waals surface area (Å²) in [6, 6.07) is 11.8. The average molecular weight is 470 g/mol. The first-order valence-electron chi connectivity index (χ1n) is 8.50.